The summed E-state index contributed by atoms with van der Waals surface area (Å²) in [4.78, 5) is 0. The van der Waals surface area contributed by atoms with E-state index in [4.69, 9.17) is 14.2 Å². The van der Waals surface area contributed by atoms with E-state index < -0.39 is 0 Å². The lowest BCUT2D eigenvalue weighted by molar-refractivity contribution is 0.354. The normalized spacial score (nSPS) is 12.2. The van der Waals surface area contributed by atoms with Crippen LogP contribution < -0.4 is 24.8 Å². The Kier molecular flexibility index (Phi) is 11.5. The number of aryl methyl sites for hydroxylation is 1. The number of hydrogen-bond acceptors (Lipinski definition) is 5. The van der Waals surface area contributed by atoms with E-state index in [0.717, 1.165) is 65.7 Å². The highest BCUT2D eigenvalue weighted by Gasteiger charge is 2.15. The molecule has 0 aromatic heterocycles. The van der Waals surface area contributed by atoms with Crippen LogP contribution in [0.2, 0.25) is 0 Å². The monoisotopic (exact) mass is 628 g/mol. The van der Waals surface area contributed by atoms with E-state index in [1.807, 2.05) is 6.07 Å². The number of anilines is 4. The highest BCUT2D eigenvalue weighted by molar-refractivity contribution is 5.66. The van der Waals surface area contributed by atoms with Gasteiger partial charge in [-0.15, -0.1) is 0 Å². The summed E-state index contributed by atoms with van der Waals surface area (Å²) < 4.78 is 16.5. The van der Waals surface area contributed by atoms with Crippen LogP contribution in [0.5, 0.6) is 17.2 Å². The standard InChI is InChI=1S/C42H48N2O3/c1-7-32(34-14-9-29(3)41(27-34)46-5)25-30-10-16-36(17-11-30)43-38-20-22-39(23-21-38)44-37-18-12-31(13-19-37)26-33(8-2)35-15-24-40(45-4)42(28-35)47-6/h9-24,27-28,32-33,43-44H,7-8,25-26H2,1-6H3. The van der Waals surface area contributed by atoms with Crippen molar-refractivity contribution in [3.63, 3.8) is 0 Å². The molecule has 5 aromatic carbocycles. The number of nitrogens with one attached hydrogen (secondary N) is 2. The van der Waals surface area contributed by atoms with Gasteiger partial charge < -0.3 is 24.8 Å². The van der Waals surface area contributed by atoms with E-state index in [-0.39, 0.29) is 0 Å². The maximum atomic E-state index is 5.56. The lowest BCUT2D eigenvalue weighted by Crippen LogP contribution is -2.03. The third kappa shape index (κ3) is 8.68. The van der Waals surface area contributed by atoms with Gasteiger partial charge in [0, 0.05) is 22.7 Å². The number of benzene rings is 5. The van der Waals surface area contributed by atoms with Crippen molar-refractivity contribution in [3.05, 3.63) is 137 Å². The summed E-state index contributed by atoms with van der Waals surface area (Å²) in [6.07, 6.45) is 4.09. The average Bonchev–Trinajstić information content (AvgIpc) is 3.11. The molecule has 2 atom stereocenters. The first-order valence-electron chi connectivity index (χ1n) is 16.6. The van der Waals surface area contributed by atoms with Crippen molar-refractivity contribution in [2.75, 3.05) is 32.0 Å². The number of rotatable bonds is 15. The van der Waals surface area contributed by atoms with Gasteiger partial charge in [-0.05, 0) is 139 Å². The molecule has 0 fully saturated rings. The average molecular weight is 629 g/mol. The van der Waals surface area contributed by atoms with Crippen molar-refractivity contribution in [1.29, 1.82) is 0 Å². The van der Waals surface area contributed by atoms with E-state index in [2.05, 4.69) is 135 Å². The molecule has 0 aliphatic rings. The zero-order valence-electron chi connectivity index (χ0n) is 28.6. The van der Waals surface area contributed by atoms with Gasteiger partial charge in [-0.25, -0.2) is 0 Å². The number of hydrogen-bond donors (Lipinski definition) is 2. The van der Waals surface area contributed by atoms with Crippen LogP contribution in [0.25, 0.3) is 0 Å². The van der Waals surface area contributed by atoms with Gasteiger partial charge in [0.1, 0.15) is 5.75 Å². The van der Waals surface area contributed by atoms with Gasteiger partial charge in [-0.3, -0.25) is 0 Å². The summed E-state index contributed by atoms with van der Waals surface area (Å²) in [5, 5.41) is 7.08. The molecule has 0 saturated heterocycles. The molecule has 5 aromatic rings. The molecule has 0 saturated carbocycles. The minimum atomic E-state index is 0.404. The fourth-order valence-electron chi connectivity index (χ4n) is 6.18. The molecule has 5 nitrogen and oxygen atoms in total. The summed E-state index contributed by atoms with van der Waals surface area (Å²) in [7, 11) is 5.10. The van der Waals surface area contributed by atoms with Crippen LogP contribution in [0.15, 0.2) is 109 Å². The zero-order chi connectivity index (χ0) is 33.2. The van der Waals surface area contributed by atoms with Crippen molar-refractivity contribution in [1.82, 2.24) is 0 Å². The lowest BCUT2D eigenvalue weighted by Gasteiger charge is -2.18. The Labute approximate surface area is 280 Å². The van der Waals surface area contributed by atoms with Gasteiger partial charge in [0.25, 0.3) is 0 Å². The maximum Gasteiger partial charge on any atom is 0.160 e. The number of ether oxygens (including phenoxy) is 3. The summed E-state index contributed by atoms with van der Waals surface area (Å²) >= 11 is 0. The molecule has 0 bridgehead atoms. The summed E-state index contributed by atoms with van der Waals surface area (Å²) in [5.41, 5.74) is 10.7. The molecule has 47 heavy (non-hydrogen) atoms. The molecule has 5 rings (SSSR count). The third-order valence-corrected chi connectivity index (χ3v) is 9.10. The topological polar surface area (TPSA) is 51.8 Å². The molecule has 2 unspecified atom stereocenters. The van der Waals surface area contributed by atoms with Gasteiger partial charge in [0.05, 0.1) is 21.3 Å². The molecule has 2 N–H and O–H groups in total. The van der Waals surface area contributed by atoms with Crippen LogP contribution in [-0.4, -0.2) is 21.3 Å². The van der Waals surface area contributed by atoms with Crippen LogP contribution in [-0.2, 0) is 12.8 Å². The maximum absolute atomic E-state index is 5.56. The van der Waals surface area contributed by atoms with E-state index >= 15 is 0 Å². The Bertz CT molecular complexity index is 1710. The molecular formula is C42H48N2O3. The van der Waals surface area contributed by atoms with E-state index in [1.54, 1.807) is 21.3 Å². The first-order chi connectivity index (χ1) is 22.9. The van der Waals surface area contributed by atoms with Crippen molar-refractivity contribution in [2.24, 2.45) is 0 Å². The molecule has 0 radical (unpaired) electrons. The van der Waals surface area contributed by atoms with Crippen LogP contribution in [0, 0.1) is 6.92 Å². The Morgan fingerprint density at radius 1 is 0.468 bits per heavy atom. The van der Waals surface area contributed by atoms with E-state index in [9.17, 15) is 0 Å². The first kappa shape index (κ1) is 33.5. The smallest absolute Gasteiger partial charge is 0.160 e. The second-order valence-electron chi connectivity index (χ2n) is 12.2. The van der Waals surface area contributed by atoms with Gasteiger partial charge in [-0.1, -0.05) is 56.3 Å². The molecule has 0 aliphatic heterocycles. The third-order valence-electron chi connectivity index (χ3n) is 9.10. The molecular weight excluding hydrogens is 580 g/mol. The van der Waals surface area contributed by atoms with Crippen LogP contribution in [0.3, 0.4) is 0 Å². The van der Waals surface area contributed by atoms with Crippen LogP contribution >= 0.6 is 0 Å². The van der Waals surface area contributed by atoms with Gasteiger partial charge in [0.15, 0.2) is 11.5 Å². The van der Waals surface area contributed by atoms with Crippen molar-refractivity contribution < 1.29 is 14.2 Å². The van der Waals surface area contributed by atoms with E-state index in [0.29, 0.717) is 11.8 Å². The molecule has 244 valence electrons. The predicted octanol–water partition coefficient (Wildman–Crippen LogP) is 11.0. The molecule has 0 spiro atoms. The largest absolute Gasteiger partial charge is 0.496 e. The van der Waals surface area contributed by atoms with Crippen molar-refractivity contribution >= 4 is 22.7 Å². The summed E-state index contributed by atoms with van der Waals surface area (Å²) in [6.45, 7) is 6.58. The van der Waals surface area contributed by atoms with Gasteiger partial charge >= 0.3 is 0 Å². The zero-order valence-corrected chi connectivity index (χ0v) is 28.6. The van der Waals surface area contributed by atoms with Crippen LogP contribution in [0.4, 0.5) is 22.7 Å². The van der Waals surface area contributed by atoms with Gasteiger partial charge in [-0.2, -0.15) is 0 Å². The first-order valence-corrected chi connectivity index (χ1v) is 16.6. The van der Waals surface area contributed by atoms with Gasteiger partial charge in [0.2, 0.25) is 0 Å². The van der Waals surface area contributed by atoms with Crippen molar-refractivity contribution in [3.8, 4) is 17.2 Å². The minimum absolute atomic E-state index is 0.404. The van der Waals surface area contributed by atoms with Crippen molar-refractivity contribution in [2.45, 2.75) is 58.3 Å². The number of methoxy groups -OCH3 is 3. The Morgan fingerprint density at radius 2 is 0.851 bits per heavy atom. The fourth-order valence-corrected chi connectivity index (χ4v) is 6.18. The molecule has 0 heterocycles. The second-order valence-corrected chi connectivity index (χ2v) is 12.2. The summed E-state index contributed by atoms with van der Waals surface area (Å²) in [6, 6.07) is 38.8. The highest BCUT2D eigenvalue weighted by Crippen LogP contribution is 2.34. The Balaban J connectivity index is 1.14. The molecule has 5 heteroatoms. The highest BCUT2D eigenvalue weighted by atomic mass is 16.5. The molecule has 0 amide bonds. The van der Waals surface area contributed by atoms with E-state index in [1.165, 1.54) is 27.8 Å². The minimum Gasteiger partial charge on any atom is -0.496 e. The lowest BCUT2D eigenvalue weighted by atomic mass is 9.89. The summed E-state index contributed by atoms with van der Waals surface area (Å²) in [5.74, 6) is 3.36. The quantitative estimate of drug-likeness (QED) is 0.121. The predicted molar refractivity (Wildman–Crippen MR) is 197 cm³/mol. The molecule has 0 aliphatic carbocycles. The SMILES string of the molecule is CCC(Cc1ccc(Nc2ccc(Nc3ccc(CC(CC)c4ccc(OC)c(OC)c4)cc3)cc2)cc1)c1ccc(C)c(OC)c1. The Morgan fingerprint density at radius 3 is 1.26 bits per heavy atom. The fraction of sp³-hybridized carbons (Fsp3) is 0.286. The second kappa shape index (κ2) is 16.1. The van der Waals surface area contributed by atoms with Crippen LogP contribution in [0.1, 0.15) is 66.3 Å². The Hall–Kier alpha value is -4.90.